The van der Waals surface area contributed by atoms with Crippen LogP contribution in [0.3, 0.4) is 0 Å². The van der Waals surface area contributed by atoms with Crippen molar-refractivity contribution in [3.05, 3.63) is 0 Å². The Morgan fingerprint density at radius 1 is 1.07 bits per heavy atom. The van der Waals surface area contributed by atoms with E-state index in [1.54, 1.807) is 0 Å². The molecular weight excluding hydrogens is 182 g/mol. The van der Waals surface area contributed by atoms with Crippen LogP contribution in [-0.4, -0.2) is 12.6 Å². The lowest BCUT2D eigenvalue weighted by atomic mass is 9.84. The van der Waals surface area contributed by atoms with E-state index >= 15 is 0 Å². The van der Waals surface area contributed by atoms with Crippen molar-refractivity contribution in [1.29, 1.82) is 0 Å². The predicted molar refractivity (Wildman–Crippen MR) is 65.9 cm³/mol. The third-order valence-corrected chi connectivity index (χ3v) is 4.09. The molecule has 1 heteroatoms. The van der Waals surface area contributed by atoms with E-state index < -0.39 is 0 Å². The smallest absolute Gasteiger partial charge is 0.00683 e. The van der Waals surface area contributed by atoms with Gasteiger partial charge < -0.3 is 5.32 Å². The number of hydrogen-bond donors (Lipinski definition) is 1. The highest BCUT2D eigenvalue weighted by Crippen LogP contribution is 2.34. The Kier molecular flexibility index (Phi) is 4.07. The molecule has 0 bridgehead atoms. The Labute approximate surface area is 95.0 Å². The SMILES string of the molecule is CC(C)CC(CNC1CC1)C1CCCC1. The van der Waals surface area contributed by atoms with E-state index in [0.29, 0.717) is 0 Å². The molecule has 0 amide bonds. The zero-order valence-electron chi connectivity index (χ0n) is 10.5. The lowest BCUT2D eigenvalue weighted by molar-refractivity contribution is 0.273. The Balaban J connectivity index is 1.76. The molecule has 0 saturated heterocycles. The minimum Gasteiger partial charge on any atom is -0.314 e. The summed E-state index contributed by atoms with van der Waals surface area (Å²) in [5.41, 5.74) is 0. The van der Waals surface area contributed by atoms with Gasteiger partial charge in [-0.15, -0.1) is 0 Å². The highest BCUT2D eigenvalue weighted by Gasteiger charge is 2.28. The summed E-state index contributed by atoms with van der Waals surface area (Å²) in [5.74, 6) is 2.88. The second-order valence-electron chi connectivity index (χ2n) is 6.12. The predicted octanol–water partition coefficient (Wildman–Crippen LogP) is 3.59. The van der Waals surface area contributed by atoms with Crippen LogP contribution >= 0.6 is 0 Å². The van der Waals surface area contributed by atoms with Gasteiger partial charge in [-0.3, -0.25) is 0 Å². The van der Waals surface area contributed by atoms with Crippen LogP contribution in [0, 0.1) is 17.8 Å². The van der Waals surface area contributed by atoms with Crippen LogP contribution in [0.15, 0.2) is 0 Å². The number of hydrogen-bond acceptors (Lipinski definition) is 1. The van der Waals surface area contributed by atoms with Crippen LogP contribution in [0.5, 0.6) is 0 Å². The lowest BCUT2D eigenvalue weighted by Gasteiger charge is -2.25. The molecule has 88 valence electrons. The second kappa shape index (κ2) is 5.34. The summed E-state index contributed by atoms with van der Waals surface area (Å²) in [6.07, 6.45) is 10.3. The average Bonchev–Trinajstić information content (AvgIpc) is 2.85. The van der Waals surface area contributed by atoms with Crippen molar-refractivity contribution in [2.24, 2.45) is 17.8 Å². The van der Waals surface area contributed by atoms with E-state index in [-0.39, 0.29) is 0 Å². The molecule has 0 aromatic rings. The van der Waals surface area contributed by atoms with Gasteiger partial charge in [-0.2, -0.15) is 0 Å². The normalized spacial score (nSPS) is 25.0. The maximum absolute atomic E-state index is 3.74. The molecule has 0 heterocycles. The van der Waals surface area contributed by atoms with Gasteiger partial charge in [0.2, 0.25) is 0 Å². The molecule has 2 rings (SSSR count). The molecule has 1 nitrogen and oxygen atoms in total. The van der Waals surface area contributed by atoms with Crippen LogP contribution in [0.1, 0.15) is 58.8 Å². The molecule has 2 fully saturated rings. The van der Waals surface area contributed by atoms with Crippen LogP contribution in [-0.2, 0) is 0 Å². The molecule has 2 aliphatic rings. The Morgan fingerprint density at radius 2 is 1.73 bits per heavy atom. The quantitative estimate of drug-likeness (QED) is 0.705. The van der Waals surface area contributed by atoms with Gasteiger partial charge in [0.05, 0.1) is 0 Å². The van der Waals surface area contributed by atoms with E-state index in [1.807, 2.05) is 0 Å². The number of nitrogens with one attached hydrogen (secondary N) is 1. The average molecular weight is 209 g/mol. The monoisotopic (exact) mass is 209 g/mol. The summed E-state index contributed by atoms with van der Waals surface area (Å²) in [6, 6.07) is 0.890. The number of rotatable bonds is 6. The van der Waals surface area contributed by atoms with Crippen molar-refractivity contribution >= 4 is 0 Å². The van der Waals surface area contributed by atoms with E-state index in [2.05, 4.69) is 19.2 Å². The summed E-state index contributed by atoms with van der Waals surface area (Å²) in [5, 5.41) is 3.74. The highest BCUT2D eigenvalue weighted by molar-refractivity contribution is 4.84. The van der Waals surface area contributed by atoms with Gasteiger partial charge in [-0.05, 0) is 43.6 Å². The Hall–Kier alpha value is -0.0400. The van der Waals surface area contributed by atoms with Gasteiger partial charge in [0.25, 0.3) is 0 Å². The van der Waals surface area contributed by atoms with Gasteiger partial charge in [-0.25, -0.2) is 0 Å². The second-order valence-corrected chi connectivity index (χ2v) is 6.12. The van der Waals surface area contributed by atoms with Crippen molar-refractivity contribution in [3.63, 3.8) is 0 Å². The molecule has 1 N–H and O–H groups in total. The molecule has 15 heavy (non-hydrogen) atoms. The van der Waals surface area contributed by atoms with Crippen molar-refractivity contribution in [2.75, 3.05) is 6.54 Å². The van der Waals surface area contributed by atoms with E-state index in [0.717, 1.165) is 23.8 Å². The van der Waals surface area contributed by atoms with Gasteiger partial charge in [0.15, 0.2) is 0 Å². The van der Waals surface area contributed by atoms with Crippen molar-refractivity contribution < 1.29 is 0 Å². The van der Waals surface area contributed by atoms with Crippen molar-refractivity contribution in [3.8, 4) is 0 Å². The molecule has 0 aromatic carbocycles. The Bertz CT molecular complexity index is 178. The molecule has 0 spiro atoms. The van der Waals surface area contributed by atoms with E-state index in [9.17, 15) is 0 Å². The Morgan fingerprint density at radius 3 is 2.27 bits per heavy atom. The van der Waals surface area contributed by atoms with Crippen LogP contribution in [0.25, 0.3) is 0 Å². The van der Waals surface area contributed by atoms with E-state index in [4.69, 9.17) is 0 Å². The highest BCUT2D eigenvalue weighted by atomic mass is 14.9. The van der Waals surface area contributed by atoms with Crippen molar-refractivity contribution in [2.45, 2.75) is 64.8 Å². The summed E-state index contributed by atoms with van der Waals surface area (Å²) in [4.78, 5) is 0. The molecule has 0 radical (unpaired) electrons. The summed E-state index contributed by atoms with van der Waals surface area (Å²) in [6.45, 7) is 6.05. The van der Waals surface area contributed by atoms with Crippen LogP contribution < -0.4 is 5.32 Å². The minimum absolute atomic E-state index is 0.872. The zero-order valence-corrected chi connectivity index (χ0v) is 10.5. The van der Waals surface area contributed by atoms with Gasteiger partial charge in [0, 0.05) is 6.04 Å². The first-order valence-corrected chi connectivity index (χ1v) is 6.99. The van der Waals surface area contributed by atoms with E-state index in [1.165, 1.54) is 51.5 Å². The molecule has 0 aromatic heterocycles. The molecular formula is C14H27N. The summed E-state index contributed by atoms with van der Waals surface area (Å²) in [7, 11) is 0. The summed E-state index contributed by atoms with van der Waals surface area (Å²) < 4.78 is 0. The van der Waals surface area contributed by atoms with Crippen LogP contribution in [0.4, 0.5) is 0 Å². The van der Waals surface area contributed by atoms with Gasteiger partial charge >= 0.3 is 0 Å². The lowest BCUT2D eigenvalue weighted by Crippen LogP contribution is -2.29. The minimum atomic E-state index is 0.872. The molecule has 1 unspecified atom stereocenters. The van der Waals surface area contributed by atoms with Gasteiger partial charge in [0.1, 0.15) is 0 Å². The van der Waals surface area contributed by atoms with Crippen molar-refractivity contribution in [1.82, 2.24) is 5.32 Å². The maximum atomic E-state index is 3.74. The fourth-order valence-corrected chi connectivity index (χ4v) is 3.08. The van der Waals surface area contributed by atoms with Gasteiger partial charge in [-0.1, -0.05) is 39.5 Å². The third-order valence-electron chi connectivity index (χ3n) is 4.09. The zero-order chi connectivity index (χ0) is 10.7. The molecule has 2 aliphatic carbocycles. The topological polar surface area (TPSA) is 12.0 Å². The molecule has 0 aliphatic heterocycles. The largest absolute Gasteiger partial charge is 0.314 e. The fourth-order valence-electron chi connectivity index (χ4n) is 3.08. The fraction of sp³-hybridized carbons (Fsp3) is 1.00. The summed E-state index contributed by atoms with van der Waals surface area (Å²) >= 11 is 0. The van der Waals surface area contributed by atoms with Crippen LogP contribution in [0.2, 0.25) is 0 Å². The first kappa shape index (κ1) is 11.4. The first-order chi connectivity index (χ1) is 7.25. The molecule has 2 saturated carbocycles. The maximum Gasteiger partial charge on any atom is 0.00683 e. The first-order valence-electron chi connectivity index (χ1n) is 6.99. The standard InChI is InChI=1S/C14H27N/c1-11(2)9-13(10-15-14-7-8-14)12-5-3-4-6-12/h11-15H,3-10H2,1-2H3. The third kappa shape index (κ3) is 3.79. The molecule has 1 atom stereocenters.